The minimum Gasteiger partial charge on any atom is -0.334 e. The van der Waals surface area contributed by atoms with Crippen LogP contribution in [0.15, 0.2) is 16.9 Å². The van der Waals surface area contributed by atoms with Crippen molar-refractivity contribution in [1.82, 2.24) is 15.1 Å². The smallest absolute Gasteiger partial charge is 0.274 e. The fraction of sp³-hybridized carbons (Fsp3) is 0.600. The first-order chi connectivity index (χ1) is 10.2. The Morgan fingerprint density at radius 1 is 1.19 bits per heavy atom. The molecule has 2 fully saturated rings. The summed E-state index contributed by atoms with van der Waals surface area (Å²) in [7, 11) is 0. The highest BCUT2D eigenvalue weighted by Gasteiger charge is 2.39. The van der Waals surface area contributed by atoms with Crippen LogP contribution in [0.3, 0.4) is 0 Å². The lowest BCUT2D eigenvalue weighted by Crippen LogP contribution is -2.48. The summed E-state index contributed by atoms with van der Waals surface area (Å²) in [6.45, 7) is 0.661. The van der Waals surface area contributed by atoms with Crippen LogP contribution in [0, 0.1) is 5.92 Å². The predicted octanol–water partition coefficient (Wildman–Crippen LogP) is 1.13. The normalized spacial score (nSPS) is 26.1. The molecule has 2 unspecified atom stereocenters. The zero-order valence-corrected chi connectivity index (χ0v) is 11.9. The topological polar surface area (TPSA) is 83.1 Å². The van der Waals surface area contributed by atoms with E-state index in [1.807, 2.05) is 0 Å². The number of carbonyl (C=O) groups excluding carboxylic acids is 2. The number of nitrogens with zero attached hydrogens (tertiary/aromatic N) is 2. The maximum atomic E-state index is 12.6. The van der Waals surface area contributed by atoms with Gasteiger partial charge in [0.15, 0.2) is 0 Å². The molecule has 1 saturated carbocycles. The minimum atomic E-state index is -0.326. The molecule has 2 atom stereocenters. The summed E-state index contributed by atoms with van der Waals surface area (Å²) < 4.78 is 0. The predicted molar refractivity (Wildman–Crippen MR) is 75.9 cm³/mol. The Morgan fingerprint density at radius 2 is 2.05 bits per heavy atom. The number of piperidine rings is 1. The Hall–Kier alpha value is -1.98. The summed E-state index contributed by atoms with van der Waals surface area (Å²) in [4.78, 5) is 37.5. The van der Waals surface area contributed by atoms with Crippen molar-refractivity contribution in [3.05, 3.63) is 28.2 Å². The number of Topliss-reactive ketones (excluding diaryl/α,β-unsaturated/α-hetero) is 1. The molecule has 6 heteroatoms. The van der Waals surface area contributed by atoms with E-state index in [0.717, 1.165) is 32.1 Å². The molecule has 0 bridgehead atoms. The Labute approximate surface area is 122 Å². The first kappa shape index (κ1) is 14.0. The second-order valence-corrected chi connectivity index (χ2v) is 5.83. The van der Waals surface area contributed by atoms with Gasteiger partial charge in [-0.15, -0.1) is 0 Å². The highest BCUT2D eigenvalue weighted by Crippen LogP contribution is 2.33. The fourth-order valence-corrected chi connectivity index (χ4v) is 3.49. The van der Waals surface area contributed by atoms with Crippen LogP contribution in [0.4, 0.5) is 0 Å². The minimum absolute atomic E-state index is 0.00465. The highest BCUT2D eigenvalue weighted by atomic mass is 16.2. The SMILES string of the molecule is O=C1CCCC1C1CCCCN1C(=O)c1ccc(=O)[nH]n1. The second-order valence-electron chi connectivity index (χ2n) is 5.83. The van der Waals surface area contributed by atoms with Crippen molar-refractivity contribution in [3.63, 3.8) is 0 Å². The average Bonchev–Trinajstić information content (AvgIpc) is 2.93. The third kappa shape index (κ3) is 2.75. The molecule has 1 amide bonds. The number of aromatic nitrogens is 2. The van der Waals surface area contributed by atoms with Gasteiger partial charge in [0.05, 0.1) is 0 Å². The fourth-order valence-electron chi connectivity index (χ4n) is 3.49. The van der Waals surface area contributed by atoms with Crippen molar-refractivity contribution >= 4 is 11.7 Å². The number of H-pyrrole nitrogens is 1. The molecule has 3 rings (SSSR count). The van der Waals surface area contributed by atoms with Crippen molar-refractivity contribution < 1.29 is 9.59 Å². The van der Waals surface area contributed by atoms with Crippen molar-refractivity contribution in [2.45, 2.75) is 44.6 Å². The number of hydrogen-bond donors (Lipinski definition) is 1. The van der Waals surface area contributed by atoms with E-state index >= 15 is 0 Å². The van der Waals surface area contributed by atoms with Gasteiger partial charge in [0, 0.05) is 31.0 Å². The molecule has 1 saturated heterocycles. The van der Waals surface area contributed by atoms with Gasteiger partial charge in [0.25, 0.3) is 11.5 Å². The van der Waals surface area contributed by atoms with Crippen LogP contribution in [-0.2, 0) is 4.79 Å². The quantitative estimate of drug-likeness (QED) is 0.884. The van der Waals surface area contributed by atoms with Crippen molar-refractivity contribution in [2.75, 3.05) is 6.54 Å². The first-order valence-electron chi connectivity index (χ1n) is 7.56. The second kappa shape index (κ2) is 5.79. The van der Waals surface area contributed by atoms with Gasteiger partial charge >= 0.3 is 0 Å². The lowest BCUT2D eigenvalue weighted by atomic mass is 9.88. The van der Waals surface area contributed by atoms with E-state index in [9.17, 15) is 14.4 Å². The van der Waals surface area contributed by atoms with Crippen molar-refractivity contribution in [3.8, 4) is 0 Å². The molecule has 6 nitrogen and oxygen atoms in total. The van der Waals surface area contributed by atoms with Crippen LogP contribution < -0.4 is 5.56 Å². The maximum Gasteiger partial charge on any atom is 0.274 e. The van der Waals surface area contributed by atoms with Crippen LogP contribution in [0.1, 0.15) is 49.0 Å². The number of amides is 1. The molecular weight excluding hydrogens is 270 g/mol. The summed E-state index contributed by atoms with van der Waals surface area (Å²) in [5.41, 5.74) is -0.0836. The molecule has 1 aromatic heterocycles. The highest BCUT2D eigenvalue weighted by molar-refractivity contribution is 5.93. The largest absolute Gasteiger partial charge is 0.334 e. The zero-order chi connectivity index (χ0) is 14.8. The van der Waals surface area contributed by atoms with Crippen LogP contribution in [-0.4, -0.2) is 39.4 Å². The molecular formula is C15H19N3O3. The van der Waals surface area contributed by atoms with E-state index in [4.69, 9.17) is 0 Å². The molecule has 21 heavy (non-hydrogen) atoms. The Bertz CT molecular complexity index is 590. The van der Waals surface area contributed by atoms with Crippen LogP contribution in [0.25, 0.3) is 0 Å². The lowest BCUT2D eigenvalue weighted by Gasteiger charge is -2.38. The van der Waals surface area contributed by atoms with E-state index in [-0.39, 0.29) is 34.9 Å². The van der Waals surface area contributed by atoms with Gasteiger partial charge < -0.3 is 4.90 Å². The van der Waals surface area contributed by atoms with Crippen LogP contribution in [0.5, 0.6) is 0 Å². The Kier molecular flexibility index (Phi) is 3.86. The van der Waals surface area contributed by atoms with Crippen molar-refractivity contribution in [1.29, 1.82) is 0 Å². The van der Waals surface area contributed by atoms with Gasteiger partial charge in [0.1, 0.15) is 11.5 Å². The molecule has 2 heterocycles. The summed E-state index contributed by atoms with van der Waals surface area (Å²) in [6, 6.07) is 2.75. The molecule has 0 aromatic carbocycles. The lowest BCUT2D eigenvalue weighted by molar-refractivity contribution is -0.122. The molecule has 1 aromatic rings. The molecule has 2 aliphatic rings. The van der Waals surface area contributed by atoms with Gasteiger partial charge in [-0.3, -0.25) is 14.4 Å². The number of hydrogen-bond acceptors (Lipinski definition) is 4. The van der Waals surface area contributed by atoms with Gasteiger partial charge in [-0.1, -0.05) is 0 Å². The van der Waals surface area contributed by atoms with E-state index < -0.39 is 0 Å². The monoisotopic (exact) mass is 289 g/mol. The molecule has 1 aliphatic carbocycles. The molecule has 1 N–H and O–H groups in total. The summed E-state index contributed by atoms with van der Waals surface area (Å²) in [5, 5.41) is 6.11. The standard InChI is InChI=1S/C15H19N3O3/c19-13-6-3-4-10(13)12-5-1-2-9-18(12)15(21)11-7-8-14(20)17-16-11/h7-8,10,12H,1-6,9H2,(H,17,20). The Morgan fingerprint density at radius 3 is 2.71 bits per heavy atom. The maximum absolute atomic E-state index is 12.6. The van der Waals surface area contributed by atoms with Gasteiger partial charge in [0.2, 0.25) is 0 Å². The van der Waals surface area contributed by atoms with Gasteiger partial charge in [-0.05, 0) is 38.2 Å². The van der Waals surface area contributed by atoms with E-state index in [2.05, 4.69) is 10.2 Å². The number of aromatic amines is 1. The third-order valence-electron chi connectivity index (χ3n) is 4.52. The van der Waals surface area contributed by atoms with Gasteiger partial charge in [-0.2, -0.15) is 5.10 Å². The van der Waals surface area contributed by atoms with E-state index in [0.29, 0.717) is 13.0 Å². The zero-order valence-electron chi connectivity index (χ0n) is 11.9. The summed E-state index contributed by atoms with van der Waals surface area (Å²) in [6.07, 6.45) is 5.33. The Balaban J connectivity index is 1.83. The summed E-state index contributed by atoms with van der Waals surface area (Å²) >= 11 is 0. The number of nitrogens with one attached hydrogen (secondary N) is 1. The third-order valence-corrected chi connectivity index (χ3v) is 4.52. The molecule has 1 aliphatic heterocycles. The average molecular weight is 289 g/mol. The summed E-state index contributed by atoms with van der Waals surface area (Å²) in [5.74, 6) is 0.0850. The van der Waals surface area contributed by atoms with Crippen molar-refractivity contribution in [2.24, 2.45) is 5.92 Å². The number of ketones is 1. The van der Waals surface area contributed by atoms with E-state index in [1.165, 1.54) is 12.1 Å². The van der Waals surface area contributed by atoms with Crippen LogP contribution in [0.2, 0.25) is 0 Å². The molecule has 0 radical (unpaired) electrons. The first-order valence-corrected chi connectivity index (χ1v) is 7.56. The number of likely N-dealkylation sites (tertiary alicyclic amines) is 1. The molecule has 0 spiro atoms. The van der Waals surface area contributed by atoms with Crippen LogP contribution >= 0.6 is 0 Å². The molecule has 112 valence electrons. The number of rotatable bonds is 2. The van der Waals surface area contributed by atoms with Gasteiger partial charge in [-0.25, -0.2) is 5.10 Å². The van der Waals surface area contributed by atoms with E-state index in [1.54, 1.807) is 4.90 Å². The number of carbonyl (C=O) groups is 2.